The van der Waals surface area contributed by atoms with Crippen LogP contribution in [0.1, 0.15) is 36.0 Å². The number of aromatic nitrogens is 3. The monoisotopic (exact) mass is 409 g/mol. The van der Waals surface area contributed by atoms with Crippen LogP contribution >= 0.6 is 22.7 Å². The number of thiazole rings is 1. The number of hydrogen-bond acceptors (Lipinski definition) is 6. The number of hydrogen-bond donors (Lipinski definition) is 0. The van der Waals surface area contributed by atoms with Crippen molar-refractivity contribution in [3.05, 3.63) is 72.9 Å². The Morgan fingerprint density at radius 2 is 2.04 bits per heavy atom. The largest absolute Gasteiger partial charge is 0.494 e. The first-order valence-corrected chi connectivity index (χ1v) is 10.8. The molecule has 0 saturated carbocycles. The van der Waals surface area contributed by atoms with Gasteiger partial charge in [-0.05, 0) is 53.8 Å². The van der Waals surface area contributed by atoms with Crippen molar-refractivity contribution in [2.75, 3.05) is 6.61 Å². The van der Waals surface area contributed by atoms with Gasteiger partial charge in [-0.2, -0.15) is 9.50 Å². The van der Waals surface area contributed by atoms with E-state index >= 15 is 0 Å². The van der Waals surface area contributed by atoms with Gasteiger partial charge >= 0.3 is 0 Å². The van der Waals surface area contributed by atoms with E-state index in [2.05, 4.69) is 17.0 Å². The van der Waals surface area contributed by atoms with Crippen molar-refractivity contribution in [2.24, 2.45) is 0 Å². The first-order chi connectivity index (χ1) is 13.7. The van der Waals surface area contributed by atoms with Gasteiger partial charge in [-0.15, -0.1) is 16.4 Å². The van der Waals surface area contributed by atoms with Crippen LogP contribution in [0.25, 0.3) is 23.2 Å². The van der Waals surface area contributed by atoms with Gasteiger partial charge in [-0.3, -0.25) is 4.79 Å². The van der Waals surface area contributed by atoms with Crippen molar-refractivity contribution in [2.45, 2.75) is 19.8 Å². The molecule has 0 spiro atoms. The minimum atomic E-state index is -0.147. The number of fused-ring (bicyclic) bond motifs is 1. The van der Waals surface area contributed by atoms with Gasteiger partial charge in [0.25, 0.3) is 5.56 Å². The molecule has 3 aromatic heterocycles. The number of unbranched alkanes of at least 4 members (excludes halogenated alkanes) is 1. The predicted molar refractivity (Wildman–Crippen MR) is 116 cm³/mol. The fourth-order valence-corrected chi connectivity index (χ4v) is 4.14. The van der Waals surface area contributed by atoms with Crippen LogP contribution in [-0.2, 0) is 0 Å². The summed E-state index contributed by atoms with van der Waals surface area (Å²) in [6.07, 6.45) is 7.79. The van der Waals surface area contributed by atoms with E-state index in [1.54, 1.807) is 11.3 Å². The molecule has 0 aliphatic rings. The van der Waals surface area contributed by atoms with Crippen molar-refractivity contribution in [3.8, 4) is 5.75 Å². The summed E-state index contributed by atoms with van der Waals surface area (Å²) >= 11 is 2.98. The summed E-state index contributed by atoms with van der Waals surface area (Å²) in [6, 6.07) is 11.8. The van der Waals surface area contributed by atoms with Crippen LogP contribution in [0.2, 0.25) is 0 Å². The molecule has 5 nitrogen and oxygen atoms in total. The molecule has 4 rings (SSSR count). The molecule has 7 heteroatoms. The molecule has 0 aliphatic heterocycles. The molecule has 0 aliphatic carbocycles. The lowest BCUT2D eigenvalue weighted by Gasteiger charge is -2.04. The van der Waals surface area contributed by atoms with Crippen molar-refractivity contribution in [1.82, 2.24) is 14.6 Å². The summed E-state index contributed by atoms with van der Waals surface area (Å²) in [5, 5.41) is 6.33. The van der Waals surface area contributed by atoms with Crippen LogP contribution in [0.15, 0.2) is 46.6 Å². The average Bonchev–Trinajstić information content (AvgIpc) is 3.41. The second-order valence-electron chi connectivity index (χ2n) is 6.20. The maximum absolute atomic E-state index is 12.6. The van der Waals surface area contributed by atoms with E-state index in [0.717, 1.165) is 35.6 Å². The molecule has 4 aromatic rings. The standard InChI is InChI=1S/C21H19N3O2S2/c1-2-3-12-26-16-8-6-15(7-9-16)14-18-20(25)24-21(28-18)22-19(23-24)11-10-17-5-4-13-27-17/h4-11,13-14H,2-3,12H2,1H3/b11-10+,18-14+. The van der Waals surface area contributed by atoms with E-state index in [-0.39, 0.29) is 5.56 Å². The molecular formula is C21H19N3O2S2. The van der Waals surface area contributed by atoms with Gasteiger partial charge in [-0.25, -0.2) is 0 Å². The Morgan fingerprint density at radius 3 is 2.75 bits per heavy atom. The highest BCUT2D eigenvalue weighted by atomic mass is 32.1. The SMILES string of the molecule is CCCCOc1ccc(/C=c2/sc3nc(/C=C/c4cccs4)nn3c2=O)cc1. The van der Waals surface area contributed by atoms with Crippen molar-refractivity contribution in [1.29, 1.82) is 0 Å². The molecule has 142 valence electrons. The normalized spacial score (nSPS) is 12.4. The van der Waals surface area contributed by atoms with Gasteiger partial charge in [0.2, 0.25) is 4.96 Å². The Balaban J connectivity index is 1.55. The molecule has 0 saturated heterocycles. The fraction of sp³-hybridized carbons (Fsp3) is 0.190. The first kappa shape index (κ1) is 18.6. The maximum Gasteiger partial charge on any atom is 0.291 e. The summed E-state index contributed by atoms with van der Waals surface area (Å²) in [4.78, 5) is 18.8. The Kier molecular flexibility index (Phi) is 5.64. The number of thiophene rings is 1. The van der Waals surface area contributed by atoms with Crippen molar-refractivity contribution in [3.63, 3.8) is 0 Å². The Morgan fingerprint density at radius 1 is 1.18 bits per heavy atom. The highest BCUT2D eigenvalue weighted by molar-refractivity contribution is 7.15. The molecule has 0 unspecified atom stereocenters. The lowest BCUT2D eigenvalue weighted by atomic mass is 10.2. The van der Waals surface area contributed by atoms with Crippen LogP contribution in [0.3, 0.4) is 0 Å². The summed E-state index contributed by atoms with van der Waals surface area (Å²) in [6.45, 7) is 2.86. The molecule has 28 heavy (non-hydrogen) atoms. The third-order valence-electron chi connectivity index (χ3n) is 4.08. The van der Waals surface area contributed by atoms with Crippen LogP contribution in [0.4, 0.5) is 0 Å². The lowest BCUT2D eigenvalue weighted by Crippen LogP contribution is -2.23. The van der Waals surface area contributed by atoms with E-state index in [1.807, 2.05) is 60.0 Å². The fourth-order valence-electron chi connectivity index (χ4n) is 2.61. The van der Waals surface area contributed by atoms with Gasteiger partial charge in [0.1, 0.15) is 5.75 Å². The molecule has 0 fully saturated rings. The van der Waals surface area contributed by atoms with Gasteiger partial charge in [0.05, 0.1) is 11.1 Å². The van der Waals surface area contributed by atoms with Crippen molar-refractivity contribution < 1.29 is 4.74 Å². The highest BCUT2D eigenvalue weighted by Gasteiger charge is 2.08. The van der Waals surface area contributed by atoms with Crippen LogP contribution in [0.5, 0.6) is 5.75 Å². The minimum absolute atomic E-state index is 0.147. The molecule has 0 radical (unpaired) electrons. The zero-order chi connectivity index (χ0) is 19.3. The second kappa shape index (κ2) is 8.50. The minimum Gasteiger partial charge on any atom is -0.494 e. The summed E-state index contributed by atoms with van der Waals surface area (Å²) in [5.74, 6) is 1.38. The molecular weight excluding hydrogens is 390 g/mol. The Bertz CT molecular complexity index is 1190. The second-order valence-corrected chi connectivity index (χ2v) is 8.19. The van der Waals surface area contributed by atoms with Gasteiger partial charge in [0.15, 0.2) is 5.82 Å². The third kappa shape index (κ3) is 4.21. The quantitative estimate of drug-likeness (QED) is 0.431. The molecule has 1 aromatic carbocycles. The number of nitrogens with zero attached hydrogens (tertiary/aromatic N) is 3. The number of ether oxygens (including phenoxy) is 1. The van der Waals surface area contributed by atoms with E-state index in [0.29, 0.717) is 15.3 Å². The van der Waals surface area contributed by atoms with E-state index in [9.17, 15) is 4.79 Å². The molecule has 0 bridgehead atoms. The van der Waals surface area contributed by atoms with Crippen LogP contribution < -0.4 is 14.8 Å². The number of benzene rings is 1. The zero-order valence-corrected chi connectivity index (χ0v) is 17.0. The smallest absolute Gasteiger partial charge is 0.291 e. The third-order valence-corrected chi connectivity index (χ3v) is 5.88. The van der Waals surface area contributed by atoms with Gasteiger partial charge in [0, 0.05) is 4.88 Å². The number of rotatable bonds is 7. The first-order valence-electron chi connectivity index (χ1n) is 9.08. The maximum atomic E-state index is 12.6. The Labute approximate surface area is 170 Å². The predicted octanol–water partition coefficient (Wildman–Crippen LogP) is 4.11. The average molecular weight is 410 g/mol. The van der Waals surface area contributed by atoms with Gasteiger partial charge < -0.3 is 4.74 Å². The molecule has 0 amide bonds. The zero-order valence-electron chi connectivity index (χ0n) is 15.4. The van der Waals surface area contributed by atoms with Crippen LogP contribution in [0, 0.1) is 0 Å². The van der Waals surface area contributed by atoms with E-state index < -0.39 is 0 Å². The summed E-state index contributed by atoms with van der Waals surface area (Å²) < 4.78 is 7.65. The van der Waals surface area contributed by atoms with E-state index in [4.69, 9.17) is 4.74 Å². The molecule has 0 N–H and O–H groups in total. The van der Waals surface area contributed by atoms with Crippen LogP contribution in [-0.4, -0.2) is 21.2 Å². The van der Waals surface area contributed by atoms with Crippen molar-refractivity contribution >= 4 is 45.9 Å². The summed E-state index contributed by atoms with van der Waals surface area (Å²) in [5.41, 5.74) is 0.800. The molecule has 0 atom stereocenters. The Hall–Kier alpha value is -2.77. The van der Waals surface area contributed by atoms with Gasteiger partial charge in [-0.1, -0.05) is 42.9 Å². The topological polar surface area (TPSA) is 56.5 Å². The summed E-state index contributed by atoms with van der Waals surface area (Å²) in [7, 11) is 0. The highest BCUT2D eigenvalue weighted by Crippen LogP contribution is 2.14. The lowest BCUT2D eigenvalue weighted by molar-refractivity contribution is 0.309. The molecule has 3 heterocycles. The van der Waals surface area contributed by atoms with E-state index in [1.165, 1.54) is 15.9 Å².